The van der Waals surface area contributed by atoms with Crippen LogP contribution >= 0.6 is 11.3 Å². The van der Waals surface area contributed by atoms with Crippen LogP contribution in [-0.2, 0) is 29.4 Å². The molecular weight excluding hydrogens is 416 g/mol. The van der Waals surface area contributed by atoms with E-state index in [9.17, 15) is 9.59 Å². The summed E-state index contributed by atoms with van der Waals surface area (Å²) in [6.45, 7) is 6.97. The van der Waals surface area contributed by atoms with E-state index in [1.54, 1.807) is 6.92 Å². The zero-order valence-electron chi connectivity index (χ0n) is 18.1. The van der Waals surface area contributed by atoms with Crippen molar-refractivity contribution in [2.24, 2.45) is 11.3 Å². The molecule has 0 bridgehead atoms. The molecule has 1 N–H and O–H groups in total. The number of aromatic nitrogens is 1. The van der Waals surface area contributed by atoms with Crippen molar-refractivity contribution in [3.05, 3.63) is 41.4 Å². The number of rotatable bonds is 8. The van der Waals surface area contributed by atoms with E-state index >= 15 is 0 Å². The highest BCUT2D eigenvalue weighted by molar-refractivity contribution is 7.13. The maximum atomic E-state index is 12.9. The Kier molecular flexibility index (Phi) is 6.03. The highest BCUT2D eigenvalue weighted by Crippen LogP contribution is 2.52. The molecule has 7 nitrogen and oxygen atoms in total. The highest BCUT2D eigenvalue weighted by Gasteiger charge is 2.65. The van der Waals surface area contributed by atoms with Crippen LogP contribution in [0, 0.1) is 11.3 Å². The molecule has 0 amide bonds. The fraction of sp³-hybridized carbons (Fsp3) is 0.522. The second-order valence-electron chi connectivity index (χ2n) is 8.90. The van der Waals surface area contributed by atoms with Gasteiger partial charge >= 0.3 is 11.9 Å². The van der Waals surface area contributed by atoms with Crippen molar-refractivity contribution in [3.63, 3.8) is 0 Å². The van der Waals surface area contributed by atoms with E-state index in [2.05, 4.69) is 24.1 Å². The maximum absolute atomic E-state index is 12.9. The van der Waals surface area contributed by atoms with E-state index in [4.69, 9.17) is 14.2 Å². The van der Waals surface area contributed by atoms with E-state index < -0.39 is 29.1 Å². The lowest BCUT2D eigenvalue weighted by Gasteiger charge is -2.20. The van der Waals surface area contributed by atoms with Crippen LogP contribution < -0.4 is 5.32 Å². The molecule has 0 aliphatic carbocycles. The summed E-state index contributed by atoms with van der Waals surface area (Å²) in [6, 6.07) is 9.72. The average Bonchev–Trinajstić information content (AvgIpc) is 3.38. The summed E-state index contributed by atoms with van der Waals surface area (Å²) in [5.41, 5.74) is -0.702. The Hall–Kier alpha value is -2.45. The van der Waals surface area contributed by atoms with Crippen LogP contribution in [0.4, 0.5) is 10.8 Å². The molecular formula is C23H28N2O5S. The minimum absolute atomic E-state index is 0.217. The Bertz CT molecular complexity index is 946. The number of ether oxygens (including phenoxy) is 3. The van der Waals surface area contributed by atoms with Gasteiger partial charge in [-0.1, -0.05) is 32.0 Å². The van der Waals surface area contributed by atoms with Gasteiger partial charge in [0.1, 0.15) is 6.10 Å². The third-order valence-corrected chi connectivity index (χ3v) is 6.56. The first-order valence-corrected chi connectivity index (χ1v) is 11.5. The number of benzene rings is 1. The van der Waals surface area contributed by atoms with Crippen molar-refractivity contribution in [2.75, 3.05) is 18.5 Å². The molecule has 31 heavy (non-hydrogen) atoms. The molecule has 8 heteroatoms. The van der Waals surface area contributed by atoms with Crippen molar-refractivity contribution in [2.45, 2.75) is 51.7 Å². The van der Waals surface area contributed by atoms with Crippen molar-refractivity contribution in [3.8, 4) is 0 Å². The number of cyclic esters (lactones) is 2. The number of carbonyl (C=O) groups is 2. The topological polar surface area (TPSA) is 86.8 Å². The van der Waals surface area contributed by atoms with Crippen LogP contribution in [-0.4, -0.2) is 36.2 Å². The first-order chi connectivity index (χ1) is 14.8. The monoisotopic (exact) mass is 444 g/mol. The molecule has 2 fully saturated rings. The number of nitrogens with zero attached hydrogens (tertiary/aromatic N) is 1. The van der Waals surface area contributed by atoms with Crippen LogP contribution in [0.1, 0.15) is 45.7 Å². The summed E-state index contributed by atoms with van der Waals surface area (Å²) in [5, 5.41) is 5.81. The van der Waals surface area contributed by atoms with E-state index in [0.29, 0.717) is 30.0 Å². The van der Waals surface area contributed by atoms with E-state index in [-0.39, 0.29) is 12.8 Å². The maximum Gasteiger partial charge on any atom is 0.324 e. The summed E-state index contributed by atoms with van der Waals surface area (Å²) in [7, 11) is 0. The summed E-state index contributed by atoms with van der Waals surface area (Å²) in [4.78, 5) is 30.2. The molecule has 2 aliphatic heterocycles. The summed E-state index contributed by atoms with van der Waals surface area (Å²) in [5.74, 6) is -0.505. The van der Waals surface area contributed by atoms with E-state index in [0.717, 1.165) is 12.1 Å². The minimum atomic E-state index is -1.28. The van der Waals surface area contributed by atoms with Gasteiger partial charge in [0.2, 0.25) is 0 Å². The zero-order valence-corrected chi connectivity index (χ0v) is 18.9. The molecule has 0 saturated carbocycles. The quantitative estimate of drug-likeness (QED) is 0.366. The molecule has 4 rings (SSSR count). The predicted octanol–water partition coefficient (Wildman–Crippen LogP) is 4.41. The Morgan fingerprint density at radius 2 is 2.03 bits per heavy atom. The van der Waals surface area contributed by atoms with Gasteiger partial charge in [0.15, 0.2) is 16.1 Å². The third kappa shape index (κ3) is 4.45. The minimum Gasteiger partial charge on any atom is -0.459 e. The summed E-state index contributed by atoms with van der Waals surface area (Å²) in [6.07, 6.45) is 1.01. The SMILES string of the molecule is CC(C)CCOC[C@H]1C[C@@]2(C[C@@](C)(c3csc(Nc4ccccc4)n3)OC2=O)C(=O)O1. The number of hydrogen-bond donors (Lipinski definition) is 1. The normalized spacial score (nSPS) is 27.7. The van der Waals surface area contributed by atoms with Gasteiger partial charge in [-0.05, 0) is 31.4 Å². The third-order valence-electron chi connectivity index (χ3n) is 5.80. The highest BCUT2D eigenvalue weighted by atomic mass is 32.1. The number of hydrogen-bond acceptors (Lipinski definition) is 8. The molecule has 1 aromatic carbocycles. The van der Waals surface area contributed by atoms with E-state index in [1.165, 1.54) is 11.3 Å². The van der Waals surface area contributed by atoms with Crippen LogP contribution in [0.2, 0.25) is 0 Å². The van der Waals surface area contributed by atoms with Gasteiger partial charge in [-0.25, -0.2) is 4.98 Å². The van der Waals surface area contributed by atoms with Gasteiger partial charge in [-0.15, -0.1) is 11.3 Å². The first kappa shape index (κ1) is 21.8. The molecule has 3 atom stereocenters. The zero-order chi connectivity index (χ0) is 22.1. The Morgan fingerprint density at radius 1 is 1.26 bits per heavy atom. The lowest BCUT2D eigenvalue weighted by Crippen LogP contribution is -2.32. The van der Waals surface area contributed by atoms with Gasteiger partial charge in [0.25, 0.3) is 0 Å². The Balaban J connectivity index is 1.43. The van der Waals surface area contributed by atoms with Gasteiger partial charge in [-0.3, -0.25) is 9.59 Å². The van der Waals surface area contributed by atoms with Crippen molar-refractivity contribution in [1.29, 1.82) is 0 Å². The van der Waals surface area contributed by atoms with Gasteiger partial charge in [0, 0.05) is 30.5 Å². The van der Waals surface area contributed by atoms with Gasteiger partial charge in [-0.2, -0.15) is 0 Å². The smallest absolute Gasteiger partial charge is 0.324 e. The second kappa shape index (κ2) is 8.59. The van der Waals surface area contributed by atoms with Crippen LogP contribution in [0.15, 0.2) is 35.7 Å². The number of carbonyl (C=O) groups excluding carboxylic acids is 2. The fourth-order valence-electron chi connectivity index (χ4n) is 4.06. The van der Waals surface area contributed by atoms with Crippen molar-refractivity contribution < 1.29 is 23.8 Å². The van der Waals surface area contributed by atoms with Crippen molar-refractivity contribution in [1.82, 2.24) is 4.98 Å². The molecule has 0 unspecified atom stereocenters. The summed E-state index contributed by atoms with van der Waals surface area (Å²) >= 11 is 1.43. The fourth-order valence-corrected chi connectivity index (χ4v) is 4.92. The van der Waals surface area contributed by atoms with Crippen LogP contribution in [0.5, 0.6) is 0 Å². The standard InChI is InChI=1S/C23H28N2O5S/c1-15(2)9-10-28-12-17-11-23(19(26)29-17)14-22(3,30-20(23)27)18-13-31-21(25-18)24-16-7-5-4-6-8-16/h4-8,13,15,17H,9-12,14H2,1-3H3,(H,24,25)/t17-,22+,23-/m1/s1. The number of anilines is 2. The number of thiazole rings is 1. The van der Waals surface area contributed by atoms with Crippen LogP contribution in [0.25, 0.3) is 0 Å². The Morgan fingerprint density at radius 3 is 2.77 bits per heavy atom. The molecule has 0 radical (unpaired) electrons. The largest absolute Gasteiger partial charge is 0.459 e. The number of esters is 2. The van der Waals surface area contributed by atoms with E-state index in [1.807, 2.05) is 35.7 Å². The van der Waals surface area contributed by atoms with Gasteiger partial charge < -0.3 is 19.5 Å². The molecule has 2 saturated heterocycles. The number of para-hydroxylation sites is 1. The molecule has 1 spiro atoms. The molecule has 2 aliphatic rings. The lowest BCUT2D eigenvalue weighted by molar-refractivity contribution is -0.160. The second-order valence-corrected chi connectivity index (χ2v) is 9.76. The number of nitrogens with one attached hydrogen (secondary N) is 1. The molecule has 3 heterocycles. The summed E-state index contributed by atoms with van der Waals surface area (Å²) < 4.78 is 16.9. The Labute approximate surface area is 186 Å². The molecule has 1 aromatic heterocycles. The first-order valence-electron chi connectivity index (χ1n) is 10.6. The van der Waals surface area contributed by atoms with Gasteiger partial charge in [0.05, 0.1) is 12.3 Å². The molecule has 2 aromatic rings. The van der Waals surface area contributed by atoms with Crippen LogP contribution in [0.3, 0.4) is 0 Å². The van der Waals surface area contributed by atoms with Crippen molar-refractivity contribution >= 4 is 34.1 Å². The lowest BCUT2D eigenvalue weighted by atomic mass is 9.78. The molecule has 166 valence electrons. The predicted molar refractivity (Wildman–Crippen MR) is 117 cm³/mol. The average molecular weight is 445 g/mol.